The SMILES string of the molecule is CC(C)Cc1ccc2c(c1)sc1cc(I)ccc12. The van der Waals surface area contributed by atoms with Crippen molar-refractivity contribution in [3.8, 4) is 0 Å². The quantitative estimate of drug-likeness (QED) is 0.499. The predicted molar refractivity (Wildman–Crippen MR) is 90.6 cm³/mol. The van der Waals surface area contributed by atoms with Gasteiger partial charge in [-0.1, -0.05) is 32.0 Å². The van der Waals surface area contributed by atoms with Crippen LogP contribution in [0.4, 0.5) is 0 Å². The molecular weight excluding hydrogens is 351 g/mol. The van der Waals surface area contributed by atoms with Crippen molar-refractivity contribution >= 4 is 54.1 Å². The van der Waals surface area contributed by atoms with E-state index in [1.54, 1.807) is 0 Å². The summed E-state index contributed by atoms with van der Waals surface area (Å²) in [4.78, 5) is 0. The molecule has 92 valence electrons. The standard InChI is InChI=1S/C16H15IS/c1-10(2)7-11-3-5-13-14-6-4-12(17)9-16(14)18-15(13)8-11/h3-6,8-10H,7H2,1-2H3. The Kier molecular flexibility index (Phi) is 3.32. The highest BCUT2D eigenvalue weighted by atomic mass is 127. The predicted octanol–water partition coefficient (Wildman–Crippen LogP) is 5.86. The second-order valence-electron chi connectivity index (χ2n) is 5.17. The summed E-state index contributed by atoms with van der Waals surface area (Å²) in [7, 11) is 0. The van der Waals surface area contributed by atoms with Crippen LogP contribution in [-0.4, -0.2) is 0 Å². The van der Waals surface area contributed by atoms with Gasteiger partial charge in [0.1, 0.15) is 0 Å². The Bertz CT molecular complexity index is 710. The highest BCUT2D eigenvalue weighted by molar-refractivity contribution is 14.1. The van der Waals surface area contributed by atoms with Crippen molar-refractivity contribution in [1.29, 1.82) is 0 Å². The van der Waals surface area contributed by atoms with Crippen molar-refractivity contribution in [2.45, 2.75) is 20.3 Å². The van der Waals surface area contributed by atoms with Crippen LogP contribution in [0.25, 0.3) is 20.2 Å². The lowest BCUT2D eigenvalue weighted by Crippen LogP contribution is -1.92. The number of halogens is 1. The van der Waals surface area contributed by atoms with E-state index in [9.17, 15) is 0 Å². The summed E-state index contributed by atoms with van der Waals surface area (Å²) in [5.41, 5.74) is 1.46. The maximum atomic E-state index is 2.38. The van der Waals surface area contributed by atoms with Crippen LogP contribution in [0.15, 0.2) is 36.4 Å². The average Bonchev–Trinajstić information content (AvgIpc) is 2.64. The molecule has 1 heterocycles. The molecule has 0 N–H and O–H groups in total. The zero-order valence-corrected chi connectivity index (χ0v) is 13.5. The average molecular weight is 366 g/mol. The van der Waals surface area contributed by atoms with Gasteiger partial charge in [0, 0.05) is 23.7 Å². The molecule has 0 nitrogen and oxygen atoms in total. The molecule has 0 aliphatic heterocycles. The summed E-state index contributed by atoms with van der Waals surface area (Å²) in [5.74, 6) is 0.720. The molecule has 0 atom stereocenters. The largest absolute Gasteiger partial charge is 0.135 e. The third-order valence-electron chi connectivity index (χ3n) is 3.14. The summed E-state index contributed by atoms with van der Waals surface area (Å²) in [6, 6.07) is 13.7. The summed E-state index contributed by atoms with van der Waals surface area (Å²) < 4.78 is 4.14. The minimum absolute atomic E-state index is 0.720. The van der Waals surface area contributed by atoms with Crippen LogP contribution in [-0.2, 0) is 6.42 Å². The minimum atomic E-state index is 0.720. The van der Waals surface area contributed by atoms with Crippen LogP contribution >= 0.6 is 33.9 Å². The van der Waals surface area contributed by atoms with Gasteiger partial charge in [-0.25, -0.2) is 0 Å². The molecule has 0 saturated heterocycles. The van der Waals surface area contributed by atoms with Gasteiger partial charge in [0.15, 0.2) is 0 Å². The zero-order chi connectivity index (χ0) is 12.7. The summed E-state index contributed by atoms with van der Waals surface area (Å²) in [6.07, 6.45) is 1.17. The van der Waals surface area contributed by atoms with Gasteiger partial charge in [-0.05, 0) is 58.7 Å². The lowest BCUT2D eigenvalue weighted by atomic mass is 10.0. The molecule has 1 aromatic heterocycles. The molecule has 0 fully saturated rings. The number of benzene rings is 2. The van der Waals surface area contributed by atoms with E-state index in [-0.39, 0.29) is 0 Å². The highest BCUT2D eigenvalue weighted by Crippen LogP contribution is 2.35. The second kappa shape index (κ2) is 4.82. The van der Waals surface area contributed by atoms with E-state index in [0.29, 0.717) is 0 Å². The molecule has 0 aliphatic rings. The van der Waals surface area contributed by atoms with Gasteiger partial charge in [-0.2, -0.15) is 0 Å². The fraction of sp³-hybridized carbons (Fsp3) is 0.250. The Labute approximate surface area is 125 Å². The van der Waals surface area contributed by atoms with Gasteiger partial charge in [0.05, 0.1) is 0 Å². The fourth-order valence-corrected chi connectivity index (χ4v) is 4.31. The van der Waals surface area contributed by atoms with E-state index in [1.165, 1.54) is 35.7 Å². The van der Waals surface area contributed by atoms with E-state index < -0.39 is 0 Å². The topological polar surface area (TPSA) is 0 Å². The van der Waals surface area contributed by atoms with Gasteiger partial charge in [-0.15, -0.1) is 11.3 Å². The summed E-state index contributed by atoms with van der Waals surface area (Å²) in [5, 5.41) is 2.80. The van der Waals surface area contributed by atoms with Crippen molar-refractivity contribution in [1.82, 2.24) is 0 Å². The molecule has 2 heteroatoms. The Hall–Kier alpha value is -0.610. The summed E-state index contributed by atoms with van der Waals surface area (Å²) >= 11 is 4.29. The van der Waals surface area contributed by atoms with E-state index in [2.05, 4.69) is 72.8 Å². The number of hydrogen-bond acceptors (Lipinski definition) is 1. The lowest BCUT2D eigenvalue weighted by molar-refractivity contribution is 0.648. The van der Waals surface area contributed by atoms with E-state index in [1.807, 2.05) is 11.3 Å². The van der Waals surface area contributed by atoms with Crippen molar-refractivity contribution in [3.63, 3.8) is 0 Å². The second-order valence-corrected chi connectivity index (χ2v) is 7.50. The monoisotopic (exact) mass is 366 g/mol. The molecule has 2 aromatic carbocycles. The molecule has 18 heavy (non-hydrogen) atoms. The van der Waals surface area contributed by atoms with Crippen LogP contribution in [0.1, 0.15) is 19.4 Å². The molecule has 0 aliphatic carbocycles. The smallest absolute Gasteiger partial charge is 0.0365 e. The molecular formula is C16H15IS. The first kappa shape index (κ1) is 12.4. The maximum absolute atomic E-state index is 2.38. The van der Waals surface area contributed by atoms with Crippen molar-refractivity contribution in [2.24, 2.45) is 5.92 Å². The van der Waals surface area contributed by atoms with Gasteiger partial charge in [-0.3, -0.25) is 0 Å². The Morgan fingerprint density at radius 3 is 2.39 bits per heavy atom. The van der Waals surface area contributed by atoms with E-state index >= 15 is 0 Å². The van der Waals surface area contributed by atoms with Crippen LogP contribution in [0, 0.1) is 9.49 Å². The number of hydrogen-bond donors (Lipinski definition) is 0. The third-order valence-corrected chi connectivity index (χ3v) is 4.93. The molecule has 0 saturated carbocycles. The van der Waals surface area contributed by atoms with Crippen molar-refractivity contribution in [2.75, 3.05) is 0 Å². The fourth-order valence-electron chi connectivity index (χ4n) is 2.39. The first-order chi connectivity index (χ1) is 8.63. The van der Waals surface area contributed by atoms with Crippen LogP contribution in [0.5, 0.6) is 0 Å². The van der Waals surface area contributed by atoms with Crippen molar-refractivity contribution in [3.05, 3.63) is 45.5 Å². The van der Waals surface area contributed by atoms with E-state index in [4.69, 9.17) is 0 Å². The van der Waals surface area contributed by atoms with Gasteiger partial charge in [0.2, 0.25) is 0 Å². The first-order valence-electron chi connectivity index (χ1n) is 6.24. The summed E-state index contributed by atoms with van der Waals surface area (Å²) in [6.45, 7) is 4.55. The minimum Gasteiger partial charge on any atom is -0.135 e. The number of thiophene rings is 1. The molecule has 0 spiro atoms. The molecule has 3 rings (SSSR count). The van der Waals surface area contributed by atoms with Gasteiger partial charge < -0.3 is 0 Å². The van der Waals surface area contributed by atoms with Gasteiger partial charge in [0.25, 0.3) is 0 Å². The Morgan fingerprint density at radius 1 is 1.00 bits per heavy atom. The number of rotatable bonds is 2. The number of fused-ring (bicyclic) bond motifs is 3. The van der Waals surface area contributed by atoms with Crippen molar-refractivity contribution < 1.29 is 0 Å². The Morgan fingerprint density at radius 2 is 1.67 bits per heavy atom. The molecule has 0 radical (unpaired) electrons. The third kappa shape index (κ3) is 2.28. The maximum Gasteiger partial charge on any atom is 0.0365 e. The van der Waals surface area contributed by atoms with Crippen LogP contribution in [0.3, 0.4) is 0 Å². The molecule has 0 bridgehead atoms. The van der Waals surface area contributed by atoms with Gasteiger partial charge >= 0.3 is 0 Å². The first-order valence-corrected chi connectivity index (χ1v) is 8.14. The molecule has 3 aromatic rings. The highest BCUT2D eigenvalue weighted by Gasteiger charge is 2.06. The normalized spacial score (nSPS) is 11.8. The molecule has 0 unspecified atom stereocenters. The van der Waals surface area contributed by atoms with E-state index in [0.717, 1.165) is 5.92 Å². The zero-order valence-electron chi connectivity index (χ0n) is 10.5. The lowest BCUT2D eigenvalue weighted by Gasteiger charge is -2.04. The Balaban J connectivity index is 2.20. The molecule has 0 amide bonds. The van der Waals surface area contributed by atoms with Crippen LogP contribution in [0.2, 0.25) is 0 Å². The van der Waals surface area contributed by atoms with Crippen LogP contribution < -0.4 is 0 Å².